The number of imide groups is 1. The first-order valence-corrected chi connectivity index (χ1v) is 11.0. The van der Waals surface area contributed by atoms with E-state index >= 15 is 0 Å². The Morgan fingerprint density at radius 1 is 1.09 bits per heavy atom. The highest BCUT2D eigenvalue weighted by Gasteiger charge is 2.47. The summed E-state index contributed by atoms with van der Waals surface area (Å²) in [6, 6.07) is 9.92. The van der Waals surface area contributed by atoms with E-state index in [0.717, 1.165) is 46.7 Å². The number of benzene rings is 2. The molecular formula is C24H25F3N4O3. The molecule has 0 spiro atoms. The summed E-state index contributed by atoms with van der Waals surface area (Å²) in [5.41, 5.74) is 1.21. The van der Waals surface area contributed by atoms with Gasteiger partial charge in [-0.15, -0.1) is 0 Å². The molecule has 2 saturated heterocycles. The zero-order valence-electron chi connectivity index (χ0n) is 18.6. The minimum absolute atomic E-state index is 0.0832. The number of anilines is 1. The van der Waals surface area contributed by atoms with Gasteiger partial charge in [-0.2, -0.15) is 13.2 Å². The van der Waals surface area contributed by atoms with E-state index in [1.54, 1.807) is 0 Å². The van der Waals surface area contributed by atoms with Crippen LogP contribution in [0.1, 0.15) is 29.5 Å². The molecule has 2 aromatic carbocycles. The maximum Gasteiger partial charge on any atom is 0.416 e. The first-order valence-electron chi connectivity index (χ1n) is 11.0. The molecule has 7 nitrogen and oxygen atoms in total. The molecule has 4 amide bonds. The second-order valence-electron chi connectivity index (χ2n) is 8.59. The van der Waals surface area contributed by atoms with Gasteiger partial charge in [0, 0.05) is 5.69 Å². The lowest BCUT2D eigenvalue weighted by Crippen LogP contribution is -2.70. The fraction of sp³-hybridized carbons (Fsp3) is 0.375. The van der Waals surface area contributed by atoms with Crippen LogP contribution in [0, 0.1) is 6.92 Å². The van der Waals surface area contributed by atoms with E-state index in [1.807, 2.05) is 31.2 Å². The van der Waals surface area contributed by atoms with Gasteiger partial charge in [-0.3, -0.25) is 14.5 Å². The topological polar surface area (TPSA) is 81.8 Å². The number of halogens is 3. The molecule has 0 aromatic heterocycles. The minimum Gasteiger partial charge on any atom is -0.325 e. The van der Waals surface area contributed by atoms with E-state index in [2.05, 4.69) is 10.6 Å². The van der Waals surface area contributed by atoms with Gasteiger partial charge in [0.15, 0.2) is 0 Å². The molecule has 0 radical (unpaired) electrons. The van der Waals surface area contributed by atoms with Crippen molar-refractivity contribution in [1.29, 1.82) is 0 Å². The Morgan fingerprint density at radius 2 is 1.76 bits per heavy atom. The van der Waals surface area contributed by atoms with Gasteiger partial charge in [-0.05, 0) is 56.1 Å². The monoisotopic (exact) mass is 474 g/mol. The smallest absolute Gasteiger partial charge is 0.325 e. The molecule has 2 aromatic rings. The lowest BCUT2D eigenvalue weighted by Gasteiger charge is -2.46. The quantitative estimate of drug-likeness (QED) is 0.695. The lowest BCUT2D eigenvalue weighted by atomic mass is 9.93. The van der Waals surface area contributed by atoms with E-state index < -0.39 is 35.8 Å². The van der Waals surface area contributed by atoms with Crippen molar-refractivity contribution in [3.05, 3.63) is 65.2 Å². The summed E-state index contributed by atoms with van der Waals surface area (Å²) >= 11 is 0. The molecule has 10 heteroatoms. The Morgan fingerprint density at radius 3 is 2.41 bits per heavy atom. The molecule has 4 rings (SSSR count). The van der Waals surface area contributed by atoms with Crippen LogP contribution in [0.15, 0.2) is 48.5 Å². The van der Waals surface area contributed by atoms with Crippen LogP contribution in [0.2, 0.25) is 0 Å². The second-order valence-corrected chi connectivity index (χ2v) is 8.59. The van der Waals surface area contributed by atoms with E-state index in [1.165, 1.54) is 4.90 Å². The van der Waals surface area contributed by atoms with Crippen LogP contribution in [0.4, 0.5) is 23.7 Å². The highest BCUT2D eigenvalue weighted by Crippen LogP contribution is 2.30. The molecule has 180 valence electrons. The van der Waals surface area contributed by atoms with Crippen LogP contribution in [-0.2, 0) is 22.3 Å². The number of fused-ring (bicyclic) bond motifs is 1. The number of hydrogen-bond acceptors (Lipinski definition) is 4. The summed E-state index contributed by atoms with van der Waals surface area (Å²) in [5.74, 6) is -0.878. The number of aryl methyl sites for hydroxylation is 1. The normalized spacial score (nSPS) is 20.8. The van der Waals surface area contributed by atoms with Crippen LogP contribution in [-0.4, -0.2) is 52.8 Å². The fourth-order valence-electron chi connectivity index (χ4n) is 4.32. The van der Waals surface area contributed by atoms with Gasteiger partial charge < -0.3 is 15.5 Å². The molecule has 2 aliphatic heterocycles. The van der Waals surface area contributed by atoms with Crippen LogP contribution in [0.5, 0.6) is 0 Å². The molecule has 2 atom stereocenters. The predicted molar refractivity (Wildman–Crippen MR) is 119 cm³/mol. The Bertz CT molecular complexity index is 1070. The molecule has 2 aliphatic rings. The van der Waals surface area contributed by atoms with Crippen molar-refractivity contribution in [2.75, 3.05) is 18.4 Å². The number of hydrogen-bond donors (Lipinski definition) is 2. The Labute approximate surface area is 194 Å². The summed E-state index contributed by atoms with van der Waals surface area (Å²) < 4.78 is 38.3. The third-order valence-electron chi connectivity index (χ3n) is 6.11. The summed E-state index contributed by atoms with van der Waals surface area (Å²) in [7, 11) is 0. The highest BCUT2D eigenvalue weighted by atomic mass is 19.4. The maximum absolute atomic E-state index is 13.3. The number of urea groups is 1. The van der Waals surface area contributed by atoms with Crippen molar-refractivity contribution in [1.82, 2.24) is 15.1 Å². The summed E-state index contributed by atoms with van der Waals surface area (Å²) in [5, 5.41) is 5.71. The van der Waals surface area contributed by atoms with Crippen molar-refractivity contribution < 1.29 is 27.6 Å². The first-order chi connectivity index (χ1) is 16.1. The number of nitrogens with one attached hydrogen (secondary N) is 2. The summed E-state index contributed by atoms with van der Waals surface area (Å²) in [6.45, 7) is 2.33. The predicted octanol–water partition coefficient (Wildman–Crippen LogP) is 3.54. The molecule has 0 aliphatic carbocycles. The number of carbonyl (C=O) groups is 3. The molecule has 2 N–H and O–H groups in total. The second kappa shape index (κ2) is 9.46. The van der Waals surface area contributed by atoms with E-state index in [0.29, 0.717) is 13.0 Å². The Hall–Kier alpha value is -3.40. The molecule has 2 heterocycles. The average molecular weight is 474 g/mol. The molecule has 2 unspecified atom stereocenters. The van der Waals surface area contributed by atoms with Crippen molar-refractivity contribution in [3.63, 3.8) is 0 Å². The minimum atomic E-state index is -4.47. The standard InChI is InChI=1S/C24H25F3N4O3/c1-15-4-6-16(7-5-15)13-31-22(33)21-19(3-2-12-28-21)30(23(31)34)14-20(32)29-18-10-8-17(9-11-18)24(25,26)27/h4-11,19,21,28H,2-3,12-14H2,1H3,(H,29,32). The number of amides is 4. The molecular weight excluding hydrogens is 449 g/mol. The van der Waals surface area contributed by atoms with Gasteiger partial charge in [0.05, 0.1) is 18.2 Å². The zero-order valence-corrected chi connectivity index (χ0v) is 18.6. The van der Waals surface area contributed by atoms with Crippen molar-refractivity contribution in [2.24, 2.45) is 0 Å². The van der Waals surface area contributed by atoms with Gasteiger partial charge in [0.2, 0.25) is 11.8 Å². The van der Waals surface area contributed by atoms with Gasteiger partial charge in [0.25, 0.3) is 0 Å². The fourth-order valence-corrected chi connectivity index (χ4v) is 4.32. The number of alkyl halides is 3. The lowest BCUT2D eigenvalue weighted by molar-refractivity contribution is -0.139. The van der Waals surface area contributed by atoms with Crippen molar-refractivity contribution in [2.45, 2.75) is 44.6 Å². The van der Waals surface area contributed by atoms with Crippen LogP contribution < -0.4 is 10.6 Å². The first kappa shape index (κ1) is 23.7. The van der Waals surface area contributed by atoms with Crippen LogP contribution in [0.25, 0.3) is 0 Å². The average Bonchev–Trinajstić information content (AvgIpc) is 2.80. The maximum atomic E-state index is 13.3. The number of piperidine rings is 1. The zero-order chi connectivity index (χ0) is 24.5. The van der Waals surface area contributed by atoms with Crippen molar-refractivity contribution >= 4 is 23.5 Å². The summed E-state index contributed by atoms with van der Waals surface area (Å²) in [6.07, 6.45) is -3.16. The third kappa shape index (κ3) is 5.06. The molecule has 0 saturated carbocycles. The third-order valence-corrected chi connectivity index (χ3v) is 6.11. The van der Waals surface area contributed by atoms with Crippen LogP contribution in [0.3, 0.4) is 0 Å². The van der Waals surface area contributed by atoms with E-state index in [4.69, 9.17) is 0 Å². The largest absolute Gasteiger partial charge is 0.416 e. The van der Waals surface area contributed by atoms with E-state index in [-0.39, 0.29) is 24.7 Å². The number of rotatable bonds is 5. The van der Waals surface area contributed by atoms with Gasteiger partial charge in [-0.25, -0.2) is 4.79 Å². The highest BCUT2D eigenvalue weighted by molar-refractivity contribution is 6.02. The number of carbonyl (C=O) groups excluding carboxylic acids is 3. The van der Waals surface area contributed by atoms with Gasteiger partial charge in [-0.1, -0.05) is 29.8 Å². The van der Waals surface area contributed by atoms with Crippen LogP contribution >= 0.6 is 0 Å². The molecule has 34 heavy (non-hydrogen) atoms. The van der Waals surface area contributed by atoms with Gasteiger partial charge >= 0.3 is 12.2 Å². The Kier molecular flexibility index (Phi) is 6.60. The molecule has 0 bridgehead atoms. The van der Waals surface area contributed by atoms with Gasteiger partial charge in [0.1, 0.15) is 12.6 Å². The van der Waals surface area contributed by atoms with Crippen molar-refractivity contribution in [3.8, 4) is 0 Å². The summed E-state index contributed by atoms with van der Waals surface area (Å²) in [4.78, 5) is 41.6. The SMILES string of the molecule is Cc1ccc(CN2C(=O)C3NCCCC3N(CC(=O)Nc3ccc(C(F)(F)F)cc3)C2=O)cc1. The number of nitrogens with zero attached hydrogens (tertiary/aromatic N) is 2. The Balaban J connectivity index is 1.50. The van der Waals surface area contributed by atoms with E-state index in [9.17, 15) is 27.6 Å². The molecule has 2 fully saturated rings.